The lowest BCUT2D eigenvalue weighted by Crippen LogP contribution is -2.36. The van der Waals surface area contributed by atoms with Crippen LogP contribution in [0.25, 0.3) is 21.8 Å². The Morgan fingerprint density at radius 1 is 1.05 bits per heavy atom. The molecule has 1 saturated heterocycles. The smallest absolute Gasteiger partial charge is 0.267 e. The lowest BCUT2D eigenvalue weighted by molar-refractivity contribution is 0.122. The van der Waals surface area contributed by atoms with Gasteiger partial charge in [0.1, 0.15) is 11.6 Å². The van der Waals surface area contributed by atoms with Crippen LogP contribution in [0.3, 0.4) is 0 Å². The van der Waals surface area contributed by atoms with Gasteiger partial charge in [-0.15, -0.1) is 0 Å². The summed E-state index contributed by atoms with van der Waals surface area (Å²) in [6.07, 6.45) is 1.52. The summed E-state index contributed by atoms with van der Waals surface area (Å²) in [4.78, 5) is 14.7. The van der Waals surface area contributed by atoms with E-state index in [-0.39, 0.29) is 16.7 Å². The van der Waals surface area contributed by atoms with Crippen LogP contribution >= 0.6 is 22.9 Å². The van der Waals surface area contributed by atoms with Crippen LogP contribution in [0.5, 0.6) is 0 Å². The van der Waals surface area contributed by atoms with Crippen molar-refractivity contribution in [3.05, 3.63) is 65.3 Å². The standard InChI is InChI=1S/C23H19ClF2N6O3S2/c24-18-13(3-1-6-16(18)31-37(33,34)21-14(25)4-2-5-15(21)26)19-20(17-7-8-28-22(27)29-17)36-23(30-19)32-9-11-35-12-10-32/h1-8,31H,9-12H2,(H2,27,28,29). The predicted octanol–water partition coefficient (Wildman–Crippen LogP) is 4.42. The highest BCUT2D eigenvalue weighted by Crippen LogP contribution is 2.44. The lowest BCUT2D eigenvalue weighted by atomic mass is 10.1. The molecule has 4 aromatic rings. The van der Waals surface area contributed by atoms with Gasteiger partial charge in [-0.05, 0) is 24.3 Å². The number of hydrogen-bond acceptors (Lipinski definition) is 9. The van der Waals surface area contributed by atoms with Gasteiger partial charge < -0.3 is 15.4 Å². The summed E-state index contributed by atoms with van der Waals surface area (Å²) in [6.45, 7) is 2.38. The van der Waals surface area contributed by atoms with E-state index in [9.17, 15) is 17.2 Å². The Morgan fingerprint density at radius 3 is 2.46 bits per heavy atom. The first-order chi connectivity index (χ1) is 17.7. The van der Waals surface area contributed by atoms with E-state index in [2.05, 4.69) is 19.6 Å². The van der Waals surface area contributed by atoms with Crippen LogP contribution in [0.4, 0.5) is 25.5 Å². The van der Waals surface area contributed by atoms with Gasteiger partial charge in [0.25, 0.3) is 10.0 Å². The maximum Gasteiger partial charge on any atom is 0.267 e. The van der Waals surface area contributed by atoms with Crippen LogP contribution in [-0.2, 0) is 14.8 Å². The van der Waals surface area contributed by atoms with Crippen LogP contribution in [0.2, 0.25) is 5.02 Å². The predicted molar refractivity (Wildman–Crippen MR) is 138 cm³/mol. The number of hydrogen-bond donors (Lipinski definition) is 2. The van der Waals surface area contributed by atoms with E-state index >= 15 is 0 Å². The molecule has 192 valence electrons. The van der Waals surface area contributed by atoms with Crippen molar-refractivity contribution in [2.24, 2.45) is 0 Å². The molecule has 14 heteroatoms. The number of sulfonamides is 1. The van der Waals surface area contributed by atoms with Crippen molar-refractivity contribution in [2.45, 2.75) is 4.90 Å². The molecule has 0 radical (unpaired) electrons. The van der Waals surface area contributed by atoms with Gasteiger partial charge in [-0.3, -0.25) is 4.72 Å². The first-order valence-electron chi connectivity index (χ1n) is 10.9. The summed E-state index contributed by atoms with van der Waals surface area (Å²) in [6, 6.07) is 9.08. The second-order valence-electron chi connectivity index (χ2n) is 7.90. The Labute approximate surface area is 220 Å². The van der Waals surface area contributed by atoms with Gasteiger partial charge in [0.15, 0.2) is 10.0 Å². The molecule has 0 bridgehead atoms. The third kappa shape index (κ3) is 5.07. The number of aromatic nitrogens is 3. The fourth-order valence-corrected chi connectivity index (χ4v) is 6.42. The second-order valence-corrected chi connectivity index (χ2v) is 10.9. The molecule has 0 aliphatic carbocycles. The summed E-state index contributed by atoms with van der Waals surface area (Å²) in [7, 11) is -4.64. The van der Waals surface area contributed by atoms with E-state index in [4.69, 9.17) is 27.1 Å². The van der Waals surface area contributed by atoms with Crippen LogP contribution in [0, 0.1) is 11.6 Å². The normalized spacial score (nSPS) is 14.1. The number of anilines is 3. The van der Waals surface area contributed by atoms with Gasteiger partial charge >= 0.3 is 0 Å². The summed E-state index contributed by atoms with van der Waals surface area (Å²) >= 11 is 8.03. The molecule has 0 amide bonds. The van der Waals surface area contributed by atoms with Crippen molar-refractivity contribution in [3.63, 3.8) is 0 Å². The van der Waals surface area contributed by atoms with Crippen molar-refractivity contribution in [1.29, 1.82) is 0 Å². The molecule has 1 aliphatic heterocycles. The minimum Gasteiger partial charge on any atom is -0.378 e. The van der Waals surface area contributed by atoms with E-state index in [0.717, 1.165) is 18.2 Å². The van der Waals surface area contributed by atoms with E-state index in [0.29, 0.717) is 53.3 Å². The summed E-state index contributed by atoms with van der Waals surface area (Å²) < 4.78 is 61.8. The summed E-state index contributed by atoms with van der Waals surface area (Å²) in [5, 5.41) is 0.686. The summed E-state index contributed by atoms with van der Waals surface area (Å²) in [5.41, 5.74) is 7.07. The van der Waals surface area contributed by atoms with Crippen LogP contribution in [0.1, 0.15) is 0 Å². The van der Waals surface area contributed by atoms with E-state index in [1.165, 1.54) is 23.6 Å². The zero-order valence-electron chi connectivity index (χ0n) is 19.0. The zero-order chi connectivity index (χ0) is 26.2. The Hall–Kier alpha value is -3.39. The molecule has 3 N–H and O–H groups in total. The quantitative estimate of drug-likeness (QED) is 0.353. The van der Waals surface area contributed by atoms with Gasteiger partial charge in [-0.1, -0.05) is 41.1 Å². The minimum atomic E-state index is -4.64. The largest absolute Gasteiger partial charge is 0.378 e. The van der Waals surface area contributed by atoms with E-state index in [1.54, 1.807) is 18.2 Å². The average molecular weight is 565 g/mol. The molecule has 2 aromatic heterocycles. The third-order valence-corrected chi connectivity index (χ3v) is 8.45. The molecule has 3 heterocycles. The molecule has 0 saturated carbocycles. The Bertz CT molecular complexity index is 1560. The highest BCUT2D eigenvalue weighted by atomic mass is 35.5. The molecule has 5 rings (SSSR count). The number of halogens is 3. The Balaban J connectivity index is 1.60. The SMILES string of the molecule is Nc1nccc(-c2sc(N3CCOCC3)nc2-c2cccc(NS(=O)(=O)c3c(F)cccc3F)c2Cl)n1. The van der Waals surface area contributed by atoms with Gasteiger partial charge in [-0.2, -0.15) is 0 Å². The van der Waals surface area contributed by atoms with Crippen molar-refractivity contribution < 1.29 is 21.9 Å². The minimum absolute atomic E-state index is 0.00933. The molecule has 0 unspecified atom stereocenters. The number of nitrogens with zero attached hydrogens (tertiary/aromatic N) is 4. The molecule has 1 aliphatic rings. The van der Waals surface area contributed by atoms with Crippen molar-refractivity contribution in [1.82, 2.24) is 15.0 Å². The van der Waals surface area contributed by atoms with Crippen molar-refractivity contribution >= 4 is 49.7 Å². The van der Waals surface area contributed by atoms with Crippen molar-refractivity contribution in [3.8, 4) is 21.8 Å². The first kappa shape index (κ1) is 25.3. The molecule has 1 fully saturated rings. The second kappa shape index (κ2) is 10.2. The monoisotopic (exact) mass is 564 g/mol. The van der Waals surface area contributed by atoms with Crippen LogP contribution in [0.15, 0.2) is 53.6 Å². The highest BCUT2D eigenvalue weighted by Gasteiger charge is 2.27. The van der Waals surface area contributed by atoms with E-state index in [1.807, 2.05) is 0 Å². The number of benzene rings is 2. The number of nitrogens with one attached hydrogen (secondary N) is 1. The maximum atomic E-state index is 14.2. The van der Waals surface area contributed by atoms with E-state index < -0.39 is 26.6 Å². The third-order valence-electron chi connectivity index (χ3n) is 5.49. The highest BCUT2D eigenvalue weighted by molar-refractivity contribution is 7.92. The molecular formula is C23H19ClF2N6O3S2. The molecule has 9 nitrogen and oxygen atoms in total. The van der Waals surface area contributed by atoms with Crippen LogP contribution in [-0.4, -0.2) is 49.7 Å². The molecule has 0 atom stereocenters. The summed E-state index contributed by atoms with van der Waals surface area (Å²) in [5.74, 6) is -2.37. The van der Waals surface area contributed by atoms with Gasteiger partial charge in [-0.25, -0.2) is 32.2 Å². The topological polar surface area (TPSA) is 123 Å². The first-order valence-corrected chi connectivity index (χ1v) is 13.6. The number of nitrogens with two attached hydrogens (primary N) is 1. The van der Waals surface area contributed by atoms with Gasteiger partial charge in [0, 0.05) is 24.8 Å². The molecule has 0 spiro atoms. The average Bonchev–Trinajstić information content (AvgIpc) is 3.31. The fraction of sp³-hybridized carbons (Fsp3) is 0.174. The number of morpholine rings is 1. The van der Waals surface area contributed by atoms with Crippen molar-refractivity contribution in [2.75, 3.05) is 41.7 Å². The fourth-order valence-electron chi connectivity index (χ4n) is 3.78. The Morgan fingerprint density at radius 2 is 1.76 bits per heavy atom. The number of rotatable bonds is 6. The zero-order valence-corrected chi connectivity index (χ0v) is 21.4. The number of ether oxygens (including phenoxy) is 1. The molecular weight excluding hydrogens is 546 g/mol. The Kier molecular flexibility index (Phi) is 6.94. The maximum absolute atomic E-state index is 14.2. The lowest BCUT2D eigenvalue weighted by Gasteiger charge is -2.26. The molecule has 37 heavy (non-hydrogen) atoms. The molecule has 2 aromatic carbocycles. The van der Waals surface area contributed by atoms with Gasteiger partial charge in [0.2, 0.25) is 5.95 Å². The number of thiazole rings is 1. The van der Waals surface area contributed by atoms with Gasteiger partial charge in [0.05, 0.1) is 40.2 Å². The van der Waals surface area contributed by atoms with Crippen LogP contribution < -0.4 is 15.4 Å². The number of nitrogen functional groups attached to an aromatic ring is 1.